The van der Waals surface area contributed by atoms with Crippen molar-refractivity contribution < 1.29 is 9.59 Å². The van der Waals surface area contributed by atoms with Crippen LogP contribution >= 0.6 is 23.2 Å². The fourth-order valence-corrected chi connectivity index (χ4v) is 7.63. The van der Waals surface area contributed by atoms with Crippen molar-refractivity contribution in [1.29, 1.82) is 0 Å². The van der Waals surface area contributed by atoms with E-state index in [1.807, 2.05) is 41.8 Å². The normalized spacial score (nSPS) is 20.0. The van der Waals surface area contributed by atoms with Crippen LogP contribution in [0.25, 0.3) is 0 Å². The standard InChI is InChI=1S/C34H38Cl2N4O2/c1-23-17-24(2)19-25(18-23)33(42)39-15-16-40(31(21-39)27-8-7-26(35)20-29(27)36)32(41)9-12-38-13-10-34(11-14-38)22-37-30-6-4-3-5-28(30)34/h3-8,17-20,31,37H,9-16,21-22H2,1-2H3. The number of likely N-dealkylation sites (tertiary alicyclic amines) is 1. The van der Waals surface area contributed by atoms with Gasteiger partial charge in [-0.1, -0.05) is 64.7 Å². The number of aryl methyl sites for hydroxylation is 2. The van der Waals surface area contributed by atoms with Crippen LogP contribution in [0.2, 0.25) is 10.0 Å². The maximum absolute atomic E-state index is 13.8. The third kappa shape index (κ3) is 5.77. The molecule has 0 aromatic heterocycles. The molecule has 1 atom stereocenters. The van der Waals surface area contributed by atoms with Crippen molar-refractivity contribution in [2.45, 2.75) is 44.6 Å². The molecule has 1 N–H and O–H groups in total. The molecule has 1 unspecified atom stereocenters. The Morgan fingerprint density at radius 3 is 2.40 bits per heavy atom. The maximum atomic E-state index is 13.8. The Morgan fingerprint density at radius 1 is 0.929 bits per heavy atom. The van der Waals surface area contributed by atoms with Crippen LogP contribution in [0.4, 0.5) is 5.69 Å². The lowest BCUT2D eigenvalue weighted by molar-refractivity contribution is -0.136. The topological polar surface area (TPSA) is 55.9 Å². The van der Waals surface area contributed by atoms with Gasteiger partial charge in [-0.2, -0.15) is 0 Å². The minimum absolute atomic E-state index is 0.0193. The monoisotopic (exact) mass is 604 g/mol. The van der Waals surface area contributed by atoms with Gasteiger partial charge in [0.1, 0.15) is 0 Å². The van der Waals surface area contributed by atoms with Crippen molar-refractivity contribution in [3.63, 3.8) is 0 Å². The highest BCUT2D eigenvalue weighted by Gasteiger charge is 2.41. The van der Waals surface area contributed by atoms with Crippen molar-refractivity contribution in [2.75, 3.05) is 51.1 Å². The number of nitrogens with one attached hydrogen (secondary N) is 1. The number of anilines is 1. The lowest BCUT2D eigenvalue weighted by Gasteiger charge is -2.43. The summed E-state index contributed by atoms with van der Waals surface area (Å²) in [6, 6.07) is 19.7. The van der Waals surface area contributed by atoms with Crippen LogP contribution in [0.15, 0.2) is 60.7 Å². The highest BCUT2D eigenvalue weighted by atomic mass is 35.5. The van der Waals surface area contributed by atoms with Gasteiger partial charge in [-0.15, -0.1) is 0 Å². The zero-order valence-electron chi connectivity index (χ0n) is 24.3. The lowest BCUT2D eigenvalue weighted by Crippen LogP contribution is -2.53. The molecule has 2 saturated heterocycles. The highest BCUT2D eigenvalue weighted by Crippen LogP contribution is 2.44. The van der Waals surface area contributed by atoms with Gasteiger partial charge in [-0.05, 0) is 81.2 Å². The van der Waals surface area contributed by atoms with E-state index in [0.29, 0.717) is 41.7 Å². The fraction of sp³-hybridized carbons (Fsp3) is 0.412. The van der Waals surface area contributed by atoms with Crippen LogP contribution in [-0.4, -0.2) is 72.3 Å². The third-order valence-electron chi connectivity index (χ3n) is 9.35. The number of carbonyl (C=O) groups excluding carboxylic acids is 2. The van der Waals surface area contributed by atoms with Crippen molar-refractivity contribution in [2.24, 2.45) is 0 Å². The highest BCUT2D eigenvalue weighted by molar-refractivity contribution is 6.35. The Balaban J connectivity index is 1.13. The molecule has 0 bridgehead atoms. The Morgan fingerprint density at radius 2 is 1.67 bits per heavy atom. The van der Waals surface area contributed by atoms with Gasteiger partial charge in [0.25, 0.3) is 5.91 Å². The summed E-state index contributed by atoms with van der Waals surface area (Å²) in [5.74, 6) is 0.0758. The average Bonchev–Trinajstić information content (AvgIpc) is 3.33. The zero-order chi connectivity index (χ0) is 29.4. The average molecular weight is 606 g/mol. The van der Waals surface area contributed by atoms with Gasteiger partial charge in [0.2, 0.25) is 5.91 Å². The molecule has 2 fully saturated rings. The second-order valence-corrected chi connectivity index (χ2v) is 13.0. The van der Waals surface area contributed by atoms with Crippen LogP contribution in [0.3, 0.4) is 0 Å². The maximum Gasteiger partial charge on any atom is 0.254 e. The van der Waals surface area contributed by atoms with Crippen LogP contribution in [-0.2, 0) is 10.2 Å². The predicted molar refractivity (Wildman–Crippen MR) is 170 cm³/mol. The van der Waals surface area contributed by atoms with Gasteiger partial charge >= 0.3 is 0 Å². The molecule has 0 aliphatic carbocycles. The molecule has 220 valence electrons. The number of nitrogens with zero attached hydrogens (tertiary/aromatic N) is 3. The number of hydrogen-bond donors (Lipinski definition) is 1. The number of halogens is 2. The van der Waals surface area contributed by atoms with Crippen LogP contribution < -0.4 is 5.32 Å². The van der Waals surface area contributed by atoms with Crippen LogP contribution in [0, 0.1) is 13.8 Å². The second-order valence-electron chi connectivity index (χ2n) is 12.2. The quantitative estimate of drug-likeness (QED) is 0.362. The second kappa shape index (κ2) is 11.9. The number of rotatable bonds is 5. The van der Waals surface area contributed by atoms with E-state index in [9.17, 15) is 9.59 Å². The number of piperazine rings is 1. The third-order valence-corrected chi connectivity index (χ3v) is 9.91. The number of fused-ring (bicyclic) bond motifs is 2. The molecule has 42 heavy (non-hydrogen) atoms. The van der Waals surface area contributed by atoms with Crippen molar-refractivity contribution in [3.8, 4) is 0 Å². The summed E-state index contributed by atoms with van der Waals surface area (Å²) < 4.78 is 0. The van der Waals surface area contributed by atoms with E-state index in [1.54, 1.807) is 12.1 Å². The zero-order valence-corrected chi connectivity index (χ0v) is 25.8. The van der Waals surface area contributed by atoms with Gasteiger partial charge in [0.05, 0.1) is 6.04 Å². The molecule has 3 heterocycles. The van der Waals surface area contributed by atoms with E-state index in [0.717, 1.165) is 55.7 Å². The van der Waals surface area contributed by atoms with E-state index in [1.165, 1.54) is 11.3 Å². The molecule has 6 rings (SSSR count). The molecule has 3 aliphatic rings. The molecular weight excluding hydrogens is 567 g/mol. The molecule has 0 radical (unpaired) electrons. The Hall–Kier alpha value is -3.06. The first-order valence-electron chi connectivity index (χ1n) is 14.9. The fourth-order valence-electron chi connectivity index (χ4n) is 7.09. The van der Waals surface area contributed by atoms with Crippen LogP contribution in [0.5, 0.6) is 0 Å². The summed E-state index contributed by atoms with van der Waals surface area (Å²) in [4.78, 5) is 33.5. The number of hydrogen-bond acceptors (Lipinski definition) is 4. The SMILES string of the molecule is Cc1cc(C)cc(C(=O)N2CCN(C(=O)CCN3CCC4(CC3)CNc3ccccc34)C(c3ccc(Cl)cc3Cl)C2)c1. The number of para-hydroxylation sites is 1. The lowest BCUT2D eigenvalue weighted by atomic mass is 9.74. The molecule has 6 nitrogen and oxygen atoms in total. The molecule has 2 amide bonds. The summed E-state index contributed by atoms with van der Waals surface area (Å²) in [5.41, 5.74) is 6.52. The smallest absolute Gasteiger partial charge is 0.254 e. The van der Waals surface area contributed by atoms with Gasteiger partial charge in [0.15, 0.2) is 0 Å². The molecule has 3 aromatic carbocycles. The Bertz CT molecular complexity index is 1480. The van der Waals surface area contributed by atoms with Gasteiger partial charge in [-0.3, -0.25) is 9.59 Å². The summed E-state index contributed by atoms with van der Waals surface area (Å²) in [6.45, 7) is 9.02. The van der Waals surface area contributed by atoms with Gasteiger partial charge in [-0.25, -0.2) is 0 Å². The van der Waals surface area contributed by atoms with Crippen LogP contribution in [0.1, 0.15) is 57.9 Å². The molecule has 0 saturated carbocycles. The van der Waals surface area contributed by atoms with Gasteiger partial charge in [0, 0.05) is 65.9 Å². The van der Waals surface area contributed by atoms with E-state index in [-0.39, 0.29) is 23.3 Å². The summed E-state index contributed by atoms with van der Waals surface area (Å²) in [6.07, 6.45) is 2.62. The first-order valence-corrected chi connectivity index (χ1v) is 15.7. The van der Waals surface area contributed by atoms with E-state index in [4.69, 9.17) is 23.2 Å². The first kappa shape index (κ1) is 29.0. The van der Waals surface area contributed by atoms with Crippen molar-refractivity contribution >= 4 is 40.7 Å². The summed E-state index contributed by atoms with van der Waals surface area (Å²) >= 11 is 12.9. The molecule has 1 spiro atoms. The number of amides is 2. The largest absolute Gasteiger partial charge is 0.384 e. The molecule has 3 aliphatic heterocycles. The minimum atomic E-state index is -0.337. The molecular formula is C34H38Cl2N4O2. The Labute approximate surface area is 258 Å². The predicted octanol–water partition coefficient (Wildman–Crippen LogP) is 6.49. The van der Waals surface area contributed by atoms with Crippen molar-refractivity contribution in [1.82, 2.24) is 14.7 Å². The number of piperidine rings is 1. The number of benzene rings is 3. The number of carbonyl (C=O) groups is 2. The molecule has 8 heteroatoms. The van der Waals surface area contributed by atoms with Crippen molar-refractivity contribution in [3.05, 3.63) is 98.5 Å². The van der Waals surface area contributed by atoms with E-state index < -0.39 is 0 Å². The first-order chi connectivity index (χ1) is 20.2. The summed E-state index contributed by atoms with van der Waals surface area (Å²) in [5, 5.41) is 4.65. The van der Waals surface area contributed by atoms with Gasteiger partial charge < -0.3 is 20.0 Å². The Kier molecular flexibility index (Phi) is 8.23. The van der Waals surface area contributed by atoms with E-state index >= 15 is 0 Å². The molecule has 3 aromatic rings. The minimum Gasteiger partial charge on any atom is -0.384 e. The van der Waals surface area contributed by atoms with E-state index in [2.05, 4.69) is 40.5 Å². The summed E-state index contributed by atoms with van der Waals surface area (Å²) in [7, 11) is 0.